The van der Waals surface area contributed by atoms with E-state index in [4.69, 9.17) is 0 Å². The van der Waals surface area contributed by atoms with Gasteiger partial charge in [0.2, 0.25) is 10.0 Å². The van der Waals surface area contributed by atoms with E-state index in [-0.39, 0.29) is 5.78 Å². The van der Waals surface area contributed by atoms with Crippen molar-refractivity contribution in [2.24, 2.45) is 0 Å². The summed E-state index contributed by atoms with van der Waals surface area (Å²) < 4.78 is 26.8. The number of benzene rings is 2. The topological polar surface area (TPSA) is 67.3 Å². The number of hydrogen-bond acceptors (Lipinski definition) is 4. The number of aryl methyl sites for hydroxylation is 3. The summed E-state index contributed by atoms with van der Waals surface area (Å²) in [6, 6.07) is 14.9. The number of aromatic nitrogens is 1. The van der Waals surface area contributed by atoms with Gasteiger partial charge in [0, 0.05) is 36.2 Å². The summed E-state index contributed by atoms with van der Waals surface area (Å²) in [7, 11) is -3.40. The molecule has 0 amide bonds. The van der Waals surface area contributed by atoms with E-state index in [0.29, 0.717) is 36.4 Å². The minimum atomic E-state index is -3.40. The highest BCUT2D eigenvalue weighted by Gasteiger charge is 2.26. The second-order valence-electron chi connectivity index (χ2n) is 8.00. The first-order chi connectivity index (χ1) is 14.3. The molecule has 0 aliphatic carbocycles. The van der Waals surface area contributed by atoms with Crippen LogP contribution < -0.4 is 0 Å². The Morgan fingerprint density at radius 2 is 1.70 bits per heavy atom. The van der Waals surface area contributed by atoms with Crippen LogP contribution in [0.15, 0.2) is 53.4 Å². The Hall–Kier alpha value is -2.57. The van der Waals surface area contributed by atoms with Gasteiger partial charge >= 0.3 is 0 Å². The number of hydrogen-bond donors (Lipinski definition) is 0. The Kier molecular flexibility index (Phi) is 5.71. The lowest BCUT2D eigenvalue weighted by Gasteiger charge is -2.15. The Labute approximate surface area is 177 Å². The molecule has 1 aliphatic rings. The van der Waals surface area contributed by atoms with Crippen LogP contribution in [0.5, 0.6) is 0 Å². The molecular weight excluding hydrogens is 396 g/mol. The van der Waals surface area contributed by atoms with E-state index in [1.54, 1.807) is 16.4 Å². The maximum Gasteiger partial charge on any atom is 0.243 e. The zero-order valence-electron chi connectivity index (χ0n) is 17.4. The number of sulfonamides is 1. The highest BCUT2D eigenvalue weighted by atomic mass is 32.2. The molecule has 6 heteroatoms. The molecule has 30 heavy (non-hydrogen) atoms. The van der Waals surface area contributed by atoms with Gasteiger partial charge in [-0.25, -0.2) is 8.42 Å². The standard InChI is InChI=1S/C24H26N2O3S/c1-17-5-9-20-16-22(18(2)25-23(20)15-17)24(27)12-8-19-6-10-21(11-7-19)30(28,29)26-13-3-4-14-26/h5-7,9-11,15-16H,3-4,8,12-14H2,1-2H3. The molecule has 2 aromatic carbocycles. The molecule has 0 atom stereocenters. The number of ketones is 1. The summed E-state index contributed by atoms with van der Waals surface area (Å²) >= 11 is 0. The predicted octanol–water partition coefficient (Wildman–Crippen LogP) is 4.45. The number of carbonyl (C=O) groups is 1. The minimum Gasteiger partial charge on any atom is -0.294 e. The quantitative estimate of drug-likeness (QED) is 0.551. The van der Waals surface area contributed by atoms with Crippen molar-refractivity contribution in [1.82, 2.24) is 9.29 Å². The SMILES string of the molecule is Cc1ccc2cc(C(=O)CCc3ccc(S(=O)(=O)N4CCCC4)cc3)c(C)nc2c1. The van der Waals surface area contributed by atoms with Crippen LogP contribution in [0, 0.1) is 13.8 Å². The average molecular weight is 423 g/mol. The Morgan fingerprint density at radius 3 is 2.40 bits per heavy atom. The first-order valence-electron chi connectivity index (χ1n) is 10.3. The maximum absolute atomic E-state index is 12.8. The van der Waals surface area contributed by atoms with Gasteiger partial charge in [-0.2, -0.15) is 4.31 Å². The number of carbonyl (C=O) groups excluding carboxylic acids is 1. The molecule has 4 rings (SSSR count). The monoisotopic (exact) mass is 422 g/mol. The normalized spacial score (nSPS) is 15.0. The van der Waals surface area contributed by atoms with Gasteiger partial charge in [-0.3, -0.25) is 9.78 Å². The minimum absolute atomic E-state index is 0.0521. The summed E-state index contributed by atoms with van der Waals surface area (Å²) in [6.45, 7) is 5.08. The van der Waals surface area contributed by atoms with Gasteiger partial charge in [0.05, 0.1) is 10.4 Å². The number of nitrogens with zero attached hydrogens (tertiary/aromatic N) is 2. The van der Waals surface area contributed by atoms with E-state index in [9.17, 15) is 13.2 Å². The third kappa shape index (κ3) is 4.16. The van der Waals surface area contributed by atoms with Gasteiger partial charge < -0.3 is 0 Å². The van der Waals surface area contributed by atoms with Gasteiger partial charge in [0.25, 0.3) is 0 Å². The van der Waals surface area contributed by atoms with Crippen molar-refractivity contribution in [2.45, 2.75) is 44.4 Å². The molecule has 3 aromatic rings. The molecule has 1 fully saturated rings. The molecular formula is C24H26N2O3S. The van der Waals surface area contributed by atoms with Crippen molar-refractivity contribution in [3.63, 3.8) is 0 Å². The van der Waals surface area contributed by atoms with E-state index < -0.39 is 10.0 Å². The summed E-state index contributed by atoms with van der Waals surface area (Å²) in [5, 5.41) is 0.964. The summed E-state index contributed by atoms with van der Waals surface area (Å²) in [4.78, 5) is 17.7. The van der Waals surface area contributed by atoms with E-state index in [2.05, 4.69) is 4.98 Å². The van der Waals surface area contributed by atoms with Crippen LogP contribution in [0.1, 0.15) is 46.4 Å². The molecule has 1 saturated heterocycles. The van der Waals surface area contributed by atoms with Crippen molar-refractivity contribution in [2.75, 3.05) is 13.1 Å². The lowest BCUT2D eigenvalue weighted by Crippen LogP contribution is -2.27. The zero-order valence-corrected chi connectivity index (χ0v) is 18.2. The largest absolute Gasteiger partial charge is 0.294 e. The van der Waals surface area contributed by atoms with Gasteiger partial charge in [-0.1, -0.05) is 24.3 Å². The third-order valence-electron chi connectivity index (χ3n) is 5.73. The van der Waals surface area contributed by atoms with Crippen LogP contribution in [0.4, 0.5) is 0 Å². The molecule has 0 bridgehead atoms. The van der Waals surface area contributed by atoms with Crippen LogP contribution in [0.25, 0.3) is 10.9 Å². The number of pyridine rings is 1. The van der Waals surface area contributed by atoms with E-state index in [1.165, 1.54) is 0 Å². The highest BCUT2D eigenvalue weighted by Crippen LogP contribution is 2.22. The molecule has 0 unspecified atom stereocenters. The molecule has 0 radical (unpaired) electrons. The first-order valence-corrected chi connectivity index (χ1v) is 11.8. The van der Waals surface area contributed by atoms with Crippen molar-refractivity contribution in [1.29, 1.82) is 0 Å². The van der Waals surface area contributed by atoms with Crippen LogP contribution in [-0.2, 0) is 16.4 Å². The van der Waals surface area contributed by atoms with E-state index in [0.717, 1.165) is 40.6 Å². The van der Waals surface area contributed by atoms with Crippen LogP contribution in [-0.4, -0.2) is 36.6 Å². The van der Waals surface area contributed by atoms with Crippen LogP contribution in [0.2, 0.25) is 0 Å². The van der Waals surface area contributed by atoms with Gasteiger partial charge in [-0.15, -0.1) is 0 Å². The average Bonchev–Trinajstić information content (AvgIpc) is 3.27. The molecule has 0 N–H and O–H groups in total. The molecule has 1 aromatic heterocycles. The Bertz CT molecular complexity index is 1200. The van der Waals surface area contributed by atoms with Crippen LogP contribution in [0.3, 0.4) is 0 Å². The lowest BCUT2D eigenvalue weighted by molar-refractivity contribution is 0.0982. The lowest BCUT2D eigenvalue weighted by atomic mass is 10.00. The first kappa shape index (κ1) is 20.7. The summed E-state index contributed by atoms with van der Waals surface area (Å²) in [6.07, 6.45) is 2.76. The Balaban J connectivity index is 1.46. The molecule has 5 nitrogen and oxygen atoms in total. The maximum atomic E-state index is 12.8. The predicted molar refractivity (Wildman–Crippen MR) is 118 cm³/mol. The van der Waals surface area contributed by atoms with Gasteiger partial charge in [-0.05, 0) is 68.5 Å². The summed E-state index contributed by atoms with van der Waals surface area (Å²) in [5.41, 5.74) is 4.39. The fraction of sp³-hybridized carbons (Fsp3) is 0.333. The van der Waals surface area contributed by atoms with E-state index in [1.807, 2.05) is 50.2 Å². The van der Waals surface area contributed by atoms with Gasteiger partial charge in [0.15, 0.2) is 5.78 Å². The van der Waals surface area contributed by atoms with Crippen molar-refractivity contribution in [3.8, 4) is 0 Å². The van der Waals surface area contributed by atoms with E-state index >= 15 is 0 Å². The smallest absolute Gasteiger partial charge is 0.243 e. The number of rotatable bonds is 6. The zero-order chi connectivity index (χ0) is 21.3. The van der Waals surface area contributed by atoms with Crippen molar-refractivity contribution in [3.05, 3.63) is 70.9 Å². The molecule has 156 valence electrons. The molecule has 2 heterocycles. The highest BCUT2D eigenvalue weighted by molar-refractivity contribution is 7.89. The fourth-order valence-electron chi connectivity index (χ4n) is 3.95. The van der Waals surface area contributed by atoms with Crippen molar-refractivity contribution < 1.29 is 13.2 Å². The second-order valence-corrected chi connectivity index (χ2v) is 9.93. The number of fused-ring (bicyclic) bond motifs is 1. The third-order valence-corrected chi connectivity index (χ3v) is 7.64. The molecule has 0 saturated carbocycles. The fourth-order valence-corrected chi connectivity index (χ4v) is 5.47. The Morgan fingerprint density at radius 1 is 1.00 bits per heavy atom. The second kappa shape index (κ2) is 8.28. The van der Waals surface area contributed by atoms with Crippen LogP contribution >= 0.6 is 0 Å². The van der Waals surface area contributed by atoms with Crippen molar-refractivity contribution >= 4 is 26.7 Å². The number of Topliss-reactive ketones (excluding diaryl/α,β-unsaturated/α-hetero) is 1. The summed E-state index contributed by atoms with van der Waals surface area (Å²) in [5.74, 6) is 0.0521. The molecule has 1 aliphatic heterocycles. The van der Waals surface area contributed by atoms with Gasteiger partial charge in [0.1, 0.15) is 0 Å². The molecule has 0 spiro atoms.